The summed E-state index contributed by atoms with van der Waals surface area (Å²) in [5.41, 5.74) is 0. The molecular formula is C9H17ClO. The monoisotopic (exact) mass is 176 g/mol. The first kappa shape index (κ1) is 9.34. The Bertz CT molecular complexity index is 106. The van der Waals surface area contributed by atoms with Crippen molar-refractivity contribution < 1.29 is 4.74 Å². The van der Waals surface area contributed by atoms with Gasteiger partial charge in [0.2, 0.25) is 0 Å². The Morgan fingerprint density at radius 3 is 2.82 bits per heavy atom. The number of halogens is 1. The molecule has 0 radical (unpaired) electrons. The highest BCUT2D eigenvalue weighted by atomic mass is 35.5. The van der Waals surface area contributed by atoms with Gasteiger partial charge in [0.1, 0.15) is 0 Å². The van der Waals surface area contributed by atoms with Crippen LogP contribution in [0.1, 0.15) is 32.1 Å². The lowest BCUT2D eigenvalue weighted by atomic mass is 10.0. The number of hydrogen-bond acceptors (Lipinski definition) is 1. The third-order valence-electron chi connectivity index (χ3n) is 2.37. The highest BCUT2D eigenvalue weighted by molar-refractivity contribution is 6.20. The first-order chi connectivity index (χ1) is 5.33. The van der Waals surface area contributed by atoms with Crippen LogP contribution in [0, 0.1) is 5.92 Å². The Balaban J connectivity index is 2.27. The zero-order valence-electron chi connectivity index (χ0n) is 7.18. The van der Waals surface area contributed by atoms with Gasteiger partial charge in [-0.15, -0.1) is 11.6 Å². The summed E-state index contributed by atoms with van der Waals surface area (Å²) >= 11 is 6.10. The molecule has 0 aliphatic heterocycles. The van der Waals surface area contributed by atoms with Crippen LogP contribution in [0.4, 0.5) is 0 Å². The van der Waals surface area contributed by atoms with Gasteiger partial charge < -0.3 is 4.74 Å². The van der Waals surface area contributed by atoms with Gasteiger partial charge >= 0.3 is 0 Å². The molecule has 0 saturated heterocycles. The van der Waals surface area contributed by atoms with Gasteiger partial charge in [0.15, 0.2) is 0 Å². The number of methoxy groups -OCH3 is 1. The lowest BCUT2D eigenvalue weighted by Gasteiger charge is -2.13. The maximum absolute atomic E-state index is 6.10. The van der Waals surface area contributed by atoms with E-state index in [2.05, 4.69) is 0 Å². The molecule has 1 fully saturated rings. The molecule has 0 spiro atoms. The van der Waals surface area contributed by atoms with Crippen LogP contribution in [0.25, 0.3) is 0 Å². The van der Waals surface area contributed by atoms with Crippen LogP contribution in [0.3, 0.4) is 0 Å². The van der Waals surface area contributed by atoms with Crippen LogP contribution < -0.4 is 0 Å². The third kappa shape index (κ3) is 3.44. The van der Waals surface area contributed by atoms with Crippen LogP contribution in [0.2, 0.25) is 0 Å². The van der Waals surface area contributed by atoms with E-state index in [1.165, 1.54) is 25.7 Å². The average molecular weight is 177 g/mol. The minimum absolute atomic E-state index is 0.401. The predicted molar refractivity (Wildman–Crippen MR) is 48.1 cm³/mol. The highest BCUT2D eigenvalue weighted by Gasteiger charge is 2.17. The van der Waals surface area contributed by atoms with Gasteiger partial charge in [-0.2, -0.15) is 0 Å². The van der Waals surface area contributed by atoms with Crippen molar-refractivity contribution in [3.8, 4) is 0 Å². The smallest absolute Gasteiger partial charge is 0.0491 e. The van der Waals surface area contributed by atoms with E-state index >= 15 is 0 Å². The van der Waals surface area contributed by atoms with Crippen molar-refractivity contribution in [3.63, 3.8) is 0 Å². The van der Waals surface area contributed by atoms with Crippen molar-refractivity contribution in [1.29, 1.82) is 0 Å². The molecule has 1 aliphatic carbocycles. The largest absolute Gasteiger partial charge is 0.384 e. The first-order valence-electron chi connectivity index (χ1n) is 4.46. The van der Waals surface area contributed by atoms with Crippen LogP contribution in [0.5, 0.6) is 0 Å². The van der Waals surface area contributed by atoms with E-state index in [1.54, 1.807) is 7.11 Å². The van der Waals surface area contributed by atoms with Gasteiger partial charge in [0, 0.05) is 19.1 Å². The molecule has 1 nitrogen and oxygen atoms in total. The lowest BCUT2D eigenvalue weighted by molar-refractivity contribution is 0.145. The quantitative estimate of drug-likeness (QED) is 0.465. The second-order valence-electron chi connectivity index (χ2n) is 3.44. The van der Waals surface area contributed by atoms with E-state index < -0.39 is 0 Å². The Labute approximate surface area is 74.1 Å². The van der Waals surface area contributed by atoms with E-state index in [4.69, 9.17) is 16.3 Å². The van der Waals surface area contributed by atoms with E-state index in [1.807, 2.05) is 0 Å². The second kappa shape index (κ2) is 5.00. The molecule has 0 aromatic rings. The molecule has 2 atom stereocenters. The highest BCUT2D eigenvalue weighted by Crippen LogP contribution is 2.26. The molecule has 0 amide bonds. The van der Waals surface area contributed by atoms with Crippen molar-refractivity contribution in [2.24, 2.45) is 5.92 Å². The summed E-state index contributed by atoms with van der Waals surface area (Å²) in [6.45, 7) is 0.892. The standard InChI is InChI=1S/C9H17ClO/c1-11-7-8-4-2-3-5-9(10)6-8/h8-9H,2-7H2,1H3. The number of alkyl halides is 1. The molecule has 0 aromatic carbocycles. The van der Waals surface area contributed by atoms with E-state index in [0.29, 0.717) is 11.3 Å². The Kier molecular flexibility index (Phi) is 4.24. The summed E-state index contributed by atoms with van der Waals surface area (Å²) < 4.78 is 5.13. The normalized spacial score (nSPS) is 33.3. The van der Waals surface area contributed by atoms with Crippen molar-refractivity contribution in [2.75, 3.05) is 13.7 Å². The Morgan fingerprint density at radius 1 is 1.36 bits per heavy atom. The summed E-state index contributed by atoms with van der Waals surface area (Å²) in [7, 11) is 1.77. The maximum atomic E-state index is 6.10. The van der Waals surface area contributed by atoms with E-state index in [0.717, 1.165) is 13.0 Å². The van der Waals surface area contributed by atoms with Crippen LogP contribution in [-0.4, -0.2) is 19.1 Å². The minimum atomic E-state index is 0.401. The molecule has 1 saturated carbocycles. The van der Waals surface area contributed by atoms with Gasteiger partial charge in [-0.1, -0.05) is 12.8 Å². The minimum Gasteiger partial charge on any atom is -0.384 e. The summed E-state index contributed by atoms with van der Waals surface area (Å²) in [6, 6.07) is 0. The average Bonchev–Trinajstić information content (AvgIpc) is 2.15. The fourth-order valence-corrected chi connectivity index (χ4v) is 2.19. The zero-order valence-corrected chi connectivity index (χ0v) is 7.94. The molecule has 0 bridgehead atoms. The second-order valence-corrected chi connectivity index (χ2v) is 4.06. The van der Waals surface area contributed by atoms with Gasteiger partial charge in [-0.25, -0.2) is 0 Å². The summed E-state index contributed by atoms with van der Waals surface area (Å²) in [6.07, 6.45) is 6.28. The number of hydrogen-bond donors (Lipinski definition) is 0. The summed E-state index contributed by atoms with van der Waals surface area (Å²) in [4.78, 5) is 0. The molecular weight excluding hydrogens is 160 g/mol. The van der Waals surface area contributed by atoms with E-state index in [-0.39, 0.29) is 0 Å². The Morgan fingerprint density at radius 2 is 2.09 bits per heavy atom. The molecule has 2 unspecified atom stereocenters. The molecule has 11 heavy (non-hydrogen) atoms. The first-order valence-corrected chi connectivity index (χ1v) is 4.89. The fourth-order valence-electron chi connectivity index (χ4n) is 1.78. The molecule has 0 heterocycles. The predicted octanol–water partition coefficient (Wildman–Crippen LogP) is 2.82. The molecule has 1 rings (SSSR count). The van der Waals surface area contributed by atoms with Gasteiger partial charge in [-0.3, -0.25) is 0 Å². The van der Waals surface area contributed by atoms with Crippen molar-refractivity contribution >= 4 is 11.6 Å². The van der Waals surface area contributed by atoms with Crippen molar-refractivity contribution in [3.05, 3.63) is 0 Å². The topological polar surface area (TPSA) is 9.23 Å². The zero-order chi connectivity index (χ0) is 8.10. The van der Waals surface area contributed by atoms with Crippen molar-refractivity contribution in [2.45, 2.75) is 37.5 Å². The van der Waals surface area contributed by atoms with Crippen LogP contribution in [-0.2, 0) is 4.74 Å². The third-order valence-corrected chi connectivity index (χ3v) is 2.77. The number of ether oxygens (including phenoxy) is 1. The maximum Gasteiger partial charge on any atom is 0.0491 e. The van der Waals surface area contributed by atoms with E-state index in [9.17, 15) is 0 Å². The molecule has 0 aromatic heterocycles. The number of rotatable bonds is 2. The van der Waals surface area contributed by atoms with Gasteiger partial charge in [0.05, 0.1) is 0 Å². The van der Waals surface area contributed by atoms with Crippen LogP contribution in [0.15, 0.2) is 0 Å². The SMILES string of the molecule is COCC1CCCCC(Cl)C1. The fraction of sp³-hybridized carbons (Fsp3) is 1.00. The van der Waals surface area contributed by atoms with Crippen LogP contribution >= 0.6 is 11.6 Å². The van der Waals surface area contributed by atoms with Gasteiger partial charge in [-0.05, 0) is 25.2 Å². The molecule has 1 aliphatic rings. The molecule has 0 N–H and O–H groups in total. The van der Waals surface area contributed by atoms with Gasteiger partial charge in [0.25, 0.3) is 0 Å². The summed E-state index contributed by atoms with van der Waals surface area (Å²) in [5.74, 6) is 0.713. The molecule has 2 heteroatoms. The van der Waals surface area contributed by atoms with Crippen molar-refractivity contribution in [1.82, 2.24) is 0 Å². The Hall–Kier alpha value is 0.250. The molecule has 66 valence electrons. The lowest BCUT2D eigenvalue weighted by Crippen LogP contribution is -2.11. The summed E-state index contributed by atoms with van der Waals surface area (Å²) in [5, 5.41) is 0.401.